The first-order valence-corrected chi connectivity index (χ1v) is 7.89. The molecular formula is C16H18N4S. The van der Waals surface area contributed by atoms with Crippen LogP contribution >= 0.6 is 11.3 Å². The summed E-state index contributed by atoms with van der Waals surface area (Å²) < 4.78 is 0. The molecule has 1 aliphatic heterocycles. The first-order chi connectivity index (χ1) is 10.2. The van der Waals surface area contributed by atoms with Gasteiger partial charge in [0, 0.05) is 43.4 Å². The standard InChI is InChI=1S/C16H18N4S/c1-12-14(11-17)16(20-9-7-19(2)8-10-20)21-15(12)13-3-5-18-6-4-13/h3-6H,7-10H2,1-2H3. The van der Waals surface area contributed by atoms with Gasteiger partial charge < -0.3 is 9.80 Å². The fourth-order valence-corrected chi connectivity index (χ4v) is 3.96. The third-order valence-electron chi connectivity index (χ3n) is 3.97. The van der Waals surface area contributed by atoms with Crippen LogP contribution in [0.25, 0.3) is 10.4 Å². The number of thiophene rings is 1. The van der Waals surface area contributed by atoms with E-state index in [9.17, 15) is 5.26 Å². The van der Waals surface area contributed by atoms with E-state index in [0.29, 0.717) is 0 Å². The molecule has 21 heavy (non-hydrogen) atoms. The highest BCUT2D eigenvalue weighted by Gasteiger charge is 2.23. The van der Waals surface area contributed by atoms with E-state index in [0.717, 1.165) is 47.9 Å². The van der Waals surface area contributed by atoms with E-state index in [1.54, 1.807) is 23.7 Å². The lowest BCUT2D eigenvalue weighted by molar-refractivity contribution is 0.313. The Morgan fingerprint density at radius 1 is 1.19 bits per heavy atom. The predicted octanol–water partition coefficient (Wildman–Crippen LogP) is 2.74. The topological polar surface area (TPSA) is 43.2 Å². The van der Waals surface area contributed by atoms with Gasteiger partial charge in [-0.3, -0.25) is 4.98 Å². The second-order valence-corrected chi connectivity index (χ2v) is 6.37. The van der Waals surface area contributed by atoms with E-state index in [-0.39, 0.29) is 0 Å². The molecule has 1 fully saturated rings. The number of hydrogen-bond donors (Lipinski definition) is 0. The van der Waals surface area contributed by atoms with Crippen LogP contribution in [0.4, 0.5) is 5.00 Å². The van der Waals surface area contributed by atoms with Gasteiger partial charge in [-0.05, 0) is 37.2 Å². The molecule has 0 spiro atoms. The number of nitriles is 1. The van der Waals surface area contributed by atoms with E-state index in [2.05, 4.69) is 27.9 Å². The second kappa shape index (κ2) is 5.84. The largest absolute Gasteiger partial charge is 0.360 e. The minimum absolute atomic E-state index is 0.830. The lowest BCUT2D eigenvalue weighted by Crippen LogP contribution is -2.44. The van der Waals surface area contributed by atoms with Crippen molar-refractivity contribution in [1.82, 2.24) is 9.88 Å². The smallest absolute Gasteiger partial charge is 0.110 e. The van der Waals surface area contributed by atoms with E-state index in [1.165, 1.54) is 4.88 Å². The van der Waals surface area contributed by atoms with Crippen LogP contribution in [0.5, 0.6) is 0 Å². The van der Waals surface area contributed by atoms with Crippen LogP contribution < -0.4 is 4.90 Å². The highest BCUT2D eigenvalue weighted by molar-refractivity contribution is 7.20. The van der Waals surface area contributed by atoms with Crippen molar-refractivity contribution in [2.75, 3.05) is 38.1 Å². The fourth-order valence-electron chi connectivity index (χ4n) is 2.64. The molecule has 3 heterocycles. The molecule has 0 aromatic carbocycles. The summed E-state index contributed by atoms with van der Waals surface area (Å²) in [5.74, 6) is 0. The average Bonchev–Trinajstić information content (AvgIpc) is 2.85. The Kier molecular flexibility index (Phi) is 3.91. The molecule has 0 radical (unpaired) electrons. The third-order valence-corrected chi connectivity index (χ3v) is 5.37. The Bertz CT molecular complexity index is 664. The Labute approximate surface area is 129 Å². The number of aromatic nitrogens is 1. The Morgan fingerprint density at radius 2 is 1.86 bits per heavy atom. The quantitative estimate of drug-likeness (QED) is 0.855. The summed E-state index contributed by atoms with van der Waals surface area (Å²) in [6.45, 7) is 6.12. The number of anilines is 1. The third kappa shape index (κ3) is 2.65. The molecule has 0 unspecified atom stereocenters. The zero-order valence-electron chi connectivity index (χ0n) is 12.3. The minimum atomic E-state index is 0.830. The highest BCUT2D eigenvalue weighted by Crippen LogP contribution is 2.41. The molecule has 4 nitrogen and oxygen atoms in total. The zero-order valence-corrected chi connectivity index (χ0v) is 13.2. The first-order valence-electron chi connectivity index (χ1n) is 7.08. The summed E-state index contributed by atoms with van der Waals surface area (Å²) in [6.07, 6.45) is 3.60. The van der Waals surface area contributed by atoms with Crippen LogP contribution in [-0.2, 0) is 0 Å². The van der Waals surface area contributed by atoms with Crippen LogP contribution in [0.1, 0.15) is 11.1 Å². The average molecular weight is 298 g/mol. The van der Waals surface area contributed by atoms with Crippen molar-refractivity contribution in [3.63, 3.8) is 0 Å². The highest BCUT2D eigenvalue weighted by atomic mass is 32.1. The van der Waals surface area contributed by atoms with Gasteiger partial charge in [-0.25, -0.2) is 0 Å². The molecule has 5 heteroatoms. The SMILES string of the molecule is Cc1c(-c2ccncc2)sc(N2CCN(C)CC2)c1C#N. The van der Waals surface area contributed by atoms with Gasteiger partial charge in [-0.15, -0.1) is 11.3 Å². The molecule has 0 amide bonds. The molecule has 0 bridgehead atoms. The lowest BCUT2D eigenvalue weighted by atomic mass is 10.1. The second-order valence-electron chi connectivity index (χ2n) is 5.37. The van der Waals surface area contributed by atoms with Gasteiger partial charge in [0.2, 0.25) is 0 Å². The van der Waals surface area contributed by atoms with E-state index < -0.39 is 0 Å². The van der Waals surface area contributed by atoms with Gasteiger partial charge in [-0.1, -0.05) is 0 Å². The number of nitrogens with zero attached hydrogens (tertiary/aromatic N) is 4. The monoisotopic (exact) mass is 298 g/mol. The molecule has 0 saturated carbocycles. The summed E-state index contributed by atoms with van der Waals surface area (Å²) in [5, 5.41) is 10.7. The Hall–Kier alpha value is -1.90. The van der Waals surface area contributed by atoms with Gasteiger partial charge in [0.15, 0.2) is 0 Å². The Morgan fingerprint density at radius 3 is 2.48 bits per heavy atom. The summed E-state index contributed by atoms with van der Waals surface area (Å²) in [6, 6.07) is 6.42. The van der Waals surface area contributed by atoms with Gasteiger partial charge in [-0.2, -0.15) is 5.26 Å². The zero-order chi connectivity index (χ0) is 14.8. The number of likely N-dealkylation sites (N-methyl/N-ethyl adjacent to an activating group) is 1. The van der Waals surface area contributed by atoms with Gasteiger partial charge in [0.1, 0.15) is 11.1 Å². The maximum Gasteiger partial charge on any atom is 0.110 e. The number of hydrogen-bond acceptors (Lipinski definition) is 5. The molecule has 1 aliphatic rings. The molecule has 0 aliphatic carbocycles. The van der Waals surface area contributed by atoms with Crippen molar-refractivity contribution in [3.8, 4) is 16.5 Å². The molecular weight excluding hydrogens is 280 g/mol. The molecule has 3 rings (SSSR count). The van der Waals surface area contributed by atoms with Gasteiger partial charge in [0.25, 0.3) is 0 Å². The maximum absolute atomic E-state index is 9.55. The normalized spacial score (nSPS) is 16.0. The number of rotatable bonds is 2. The summed E-state index contributed by atoms with van der Waals surface area (Å²) in [4.78, 5) is 9.93. The lowest BCUT2D eigenvalue weighted by Gasteiger charge is -2.33. The molecule has 0 atom stereocenters. The van der Waals surface area contributed by atoms with E-state index in [4.69, 9.17) is 0 Å². The van der Waals surface area contributed by atoms with Crippen molar-refractivity contribution in [3.05, 3.63) is 35.7 Å². The Balaban J connectivity index is 2.00. The van der Waals surface area contributed by atoms with Crippen LogP contribution in [0.2, 0.25) is 0 Å². The number of piperazine rings is 1. The van der Waals surface area contributed by atoms with Crippen molar-refractivity contribution in [2.45, 2.75) is 6.92 Å². The molecule has 0 N–H and O–H groups in total. The van der Waals surface area contributed by atoms with Gasteiger partial charge in [0.05, 0.1) is 5.56 Å². The van der Waals surface area contributed by atoms with E-state index >= 15 is 0 Å². The van der Waals surface area contributed by atoms with Crippen molar-refractivity contribution >= 4 is 16.3 Å². The molecule has 2 aromatic rings. The van der Waals surface area contributed by atoms with Crippen LogP contribution in [0.15, 0.2) is 24.5 Å². The fraction of sp³-hybridized carbons (Fsp3) is 0.375. The minimum Gasteiger partial charge on any atom is -0.360 e. The van der Waals surface area contributed by atoms with Crippen molar-refractivity contribution in [1.29, 1.82) is 5.26 Å². The molecule has 108 valence electrons. The van der Waals surface area contributed by atoms with E-state index in [1.807, 2.05) is 19.1 Å². The van der Waals surface area contributed by atoms with Crippen LogP contribution in [0, 0.1) is 18.3 Å². The molecule has 1 saturated heterocycles. The molecule has 2 aromatic heterocycles. The van der Waals surface area contributed by atoms with Crippen LogP contribution in [-0.4, -0.2) is 43.1 Å². The first kappa shape index (κ1) is 14.1. The summed E-state index contributed by atoms with van der Waals surface area (Å²) in [5.41, 5.74) is 3.06. The van der Waals surface area contributed by atoms with Crippen molar-refractivity contribution in [2.24, 2.45) is 0 Å². The number of pyridine rings is 1. The van der Waals surface area contributed by atoms with Gasteiger partial charge >= 0.3 is 0 Å². The van der Waals surface area contributed by atoms with Crippen molar-refractivity contribution < 1.29 is 0 Å². The predicted molar refractivity (Wildman–Crippen MR) is 86.7 cm³/mol. The summed E-state index contributed by atoms with van der Waals surface area (Å²) >= 11 is 1.73. The maximum atomic E-state index is 9.55. The van der Waals surface area contributed by atoms with Crippen LogP contribution in [0.3, 0.4) is 0 Å². The summed E-state index contributed by atoms with van der Waals surface area (Å²) in [7, 11) is 2.14.